The van der Waals surface area contributed by atoms with Crippen LogP contribution in [0.15, 0.2) is 24.3 Å². The summed E-state index contributed by atoms with van der Waals surface area (Å²) >= 11 is 0. The van der Waals surface area contributed by atoms with E-state index in [0.717, 1.165) is 32.1 Å². The van der Waals surface area contributed by atoms with E-state index in [1.54, 1.807) is 6.92 Å². The first kappa shape index (κ1) is 30.2. The van der Waals surface area contributed by atoms with Crippen molar-refractivity contribution in [3.63, 3.8) is 0 Å². The summed E-state index contributed by atoms with van der Waals surface area (Å²) in [7, 11) is 0. The van der Waals surface area contributed by atoms with E-state index in [-0.39, 0.29) is 63.2 Å². The maximum absolute atomic E-state index is 13.7. The molecular weight excluding hydrogens is 520 g/mol. The first-order valence-corrected chi connectivity index (χ1v) is 15.5. The molecule has 4 saturated carbocycles. The number of ether oxygens (including phenoxy) is 2. The number of aliphatic hydroxyl groups is 1. The van der Waals surface area contributed by atoms with Crippen LogP contribution in [0.4, 0.5) is 0 Å². The van der Waals surface area contributed by atoms with E-state index in [2.05, 4.69) is 33.4 Å². The number of aliphatic hydroxyl groups excluding tert-OH is 1. The predicted octanol–water partition coefficient (Wildman–Crippen LogP) is 5.24. The minimum atomic E-state index is -1.08. The van der Waals surface area contributed by atoms with Gasteiger partial charge in [0.25, 0.3) is 0 Å². The summed E-state index contributed by atoms with van der Waals surface area (Å²) in [6, 6.07) is 0. The molecule has 0 heterocycles. The molecule has 0 saturated heterocycles. The molecule has 0 aromatic heterocycles. The van der Waals surface area contributed by atoms with Crippen molar-refractivity contribution >= 4 is 23.5 Å². The molecule has 0 aliphatic heterocycles. The van der Waals surface area contributed by atoms with Gasteiger partial charge in [0.05, 0.1) is 0 Å². The van der Waals surface area contributed by atoms with Gasteiger partial charge >= 0.3 is 11.9 Å². The van der Waals surface area contributed by atoms with E-state index in [0.29, 0.717) is 18.3 Å². The third kappa shape index (κ3) is 4.07. The fourth-order valence-electron chi connectivity index (χ4n) is 10.9. The van der Waals surface area contributed by atoms with Crippen LogP contribution in [-0.2, 0) is 28.7 Å². The number of carbonyl (C=O) groups excluding carboxylic acids is 4. The minimum Gasteiger partial charge on any atom is -0.462 e. The summed E-state index contributed by atoms with van der Waals surface area (Å²) in [5.41, 5.74) is -0.000337. The molecule has 5 aliphatic rings. The number of ketones is 2. The van der Waals surface area contributed by atoms with Crippen molar-refractivity contribution in [3.05, 3.63) is 24.3 Å². The van der Waals surface area contributed by atoms with Crippen LogP contribution in [0.2, 0.25) is 0 Å². The molecule has 3 unspecified atom stereocenters. The van der Waals surface area contributed by atoms with E-state index < -0.39 is 30.0 Å². The highest BCUT2D eigenvalue weighted by molar-refractivity contribution is 5.99. The fourth-order valence-corrected chi connectivity index (χ4v) is 10.9. The molecule has 7 nitrogen and oxygen atoms in total. The van der Waals surface area contributed by atoms with Crippen molar-refractivity contribution in [1.82, 2.24) is 0 Å². The molecule has 0 amide bonds. The molecule has 0 aromatic carbocycles. The highest BCUT2D eigenvalue weighted by Gasteiger charge is 2.81. The average molecular weight is 569 g/mol. The number of carbonyl (C=O) groups is 4. The van der Waals surface area contributed by atoms with Crippen LogP contribution in [0, 0.1) is 57.2 Å². The van der Waals surface area contributed by atoms with Gasteiger partial charge in [-0.25, -0.2) is 0 Å². The number of rotatable bonds is 8. The lowest BCUT2D eigenvalue weighted by molar-refractivity contribution is -0.166. The summed E-state index contributed by atoms with van der Waals surface area (Å²) in [5, 5.41) is 9.69. The smallest absolute Gasteiger partial charge is 0.303 e. The van der Waals surface area contributed by atoms with Crippen molar-refractivity contribution in [2.45, 2.75) is 99.2 Å². The SMILES string of the molecule is C=C(C(=O)C(OC(C)=O)C(C)[C@H]1[C@@H](OC(C)=O)C[C@@]2(C)[C@@H]3CC[C@H]4[C@H](C)C(=O)C=C[C@@]45C[C@@]35CC[C@]12C)C(C)CO. The summed E-state index contributed by atoms with van der Waals surface area (Å²) in [5.74, 6) is -1.31. The fraction of sp³-hybridized carbons (Fsp3) is 0.765. The molecule has 0 bridgehead atoms. The van der Waals surface area contributed by atoms with Crippen LogP contribution in [0.1, 0.15) is 87.0 Å². The molecule has 0 aromatic rings. The Bertz CT molecular complexity index is 1200. The summed E-state index contributed by atoms with van der Waals surface area (Å²) in [6.07, 6.45) is 8.38. The van der Waals surface area contributed by atoms with Crippen LogP contribution in [-0.4, -0.2) is 47.4 Å². The Hall–Kier alpha value is -2.28. The predicted molar refractivity (Wildman–Crippen MR) is 153 cm³/mol. The Kier molecular flexibility index (Phi) is 7.28. The zero-order valence-corrected chi connectivity index (χ0v) is 25.8. The number of fused-ring (bicyclic) bond motifs is 2. The molecule has 4 fully saturated rings. The van der Waals surface area contributed by atoms with E-state index in [1.807, 2.05) is 13.0 Å². The molecule has 5 aliphatic carbocycles. The van der Waals surface area contributed by atoms with Gasteiger partial charge in [0.15, 0.2) is 17.7 Å². The number of allylic oxidation sites excluding steroid dienone is 2. The molecule has 41 heavy (non-hydrogen) atoms. The Morgan fingerprint density at radius 2 is 1.78 bits per heavy atom. The number of hydrogen-bond donors (Lipinski definition) is 1. The average Bonchev–Trinajstić information content (AvgIpc) is 3.52. The van der Waals surface area contributed by atoms with Crippen molar-refractivity contribution in [1.29, 1.82) is 0 Å². The quantitative estimate of drug-likeness (QED) is 0.315. The van der Waals surface area contributed by atoms with E-state index in [4.69, 9.17) is 9.47 Å². The monoisotopic (exact) mass is 568 g/mol. The van der Waals surface area contributed by atoms with Gasteiger partial charge in [-0.15, -0.1) is 0 Å². The second kappa shape index (κ2) is 9.89. The van der Waals surface area contributed by atoms with Gasteiger partial charge in [0.2, 0.25) is 0 Å². The molecule has 0 radical (unpaired) electrons. The first-order valence-electron chi connectivity index (χ1n) is 15.5. The topological polar surface area (TPSA) is 107 Å². The summed E-state index contributed by atoms with van der Waals surface area (Å²) in [6.45, 7) is 16.9. The van der Waals surface area contributed by atoms with Crippen LogP contribution in [0.3, 0.4) is 0 Å². The third-order valence-corrected chi connectivity index (χ3v) is 13.1. The van der Waals surface area contributed by atoms with Crippen LogP contribution < -0.4 is 0 Å². The van der Waals surface area contributed by atoms with Crippen molar-refractivity contribution in [3.8, 4) is 0 Å². The zero-order valence-electron chi connectivity index (χ0n) is 25.8. The maximum Gasteiger partial charge on any atom is 0.303 e. The molecular formula is C34H48O7. The third-order valence-electron chi connectivity index (χ3n) is 13.1. The maximum atomic E-state index is 13.7. The van der Waals surface area contributed by atoms with Gasteiger partial charge in [0.1, 0.15) is 6.10 Å². The normalized spacial score (nSPS) is 44.3. The highest BCUT2D eigenvalue weighted by Crippen LogP contribution is 2.87. The Labute approximate surface area is 244 Å². The summed E-state index contributed by atoms with van der Waals surface area (Å²) in [4.78, 5) is 51.1. The zero-order chi connectivity index (χ0) is 30.3. The van der Waals surface area contributed by atoms with E-state index in [9.17, 15) is 24.3 Å². The number of Topliss-reactive ketones (excluding diaryl/α,β-unsaturated/α-hetero) is 1. The van der Waals surface area contributed by atoms with Gasteiger partial charge < -0.3 is 14.6 Å². The van der Waals surface area contributed by atoms with Gasteiger partial charge in [-0.05, 0) is 83.7 Å². The van der Waals surface area contributed by atoms with E-state index in [1.165, 1.54) is 13.8 Å². The van der Waals surface area contributed by atoms with Gasteiger partial charge in [-0.2, -0.15) is 0 Å². The largest absolute Gasteiger partial charge is 0.462 e. The second-order valence-corrected chi connectivity index (χ2v) is 14.7. The van der Waals surface area contributed by atoms with Crippen molar-refractivity contribution in [2.75, 3.05) is 6.61 Å². The number of hydrogen-bond acceptors (Lipinski definition) is 7. The minimum absolute atomic E-state index is 0.0523. The Morgan fingerprint density at radius 3 is 2.39 bits per heavy atom. The lowest BCUT2D eigenvalue weighted by Gasteiger charge is -2.61. The van der Waals surface area contributed by atoms with Gasteiger partial charge in [-0.1, -0.05) is 47.3 Å². The standard InChI is InChI=1S/C34H48O7/c1-18(16-35)19(2)29(39)30(41-23(6)37)21(4)28-26(40-22(5)36)15-32(8)27-10-9-24-20(3)25(38)11-12-33(24)17-34(27,33)14-13-31(28,32)7/h11-12,18,20-21,24,26-28,30,35H,2,9-10,13-17H2,1,3-8H3/t18?,20-,21?,24-,26-,27-,28-,30?,31+,32-,33+,34-/m0/s1. The van der Waals surface area contributed by atoms with Crippen molar-refractivity contribution < 1.29 is 33.8 Å². The lowest BCUT2D eigenvalue weighted by Crippen LogP contribution is -2.56. The first-order chi connectivity index (χ1) is 19.1. The Morgan fingerprint density at radius 1 is 1.10 bits per heavy atom. The second-order valence-electron chi connectivity index (χ2n) is 14.7. The highest BCUT2D eigenvalue weighted by atomic mass is 16.6. The van der Waals surface area contributed by atoms with Gasteiger partial charge in [0, 0.05) is 44.1 Å². The van der Waals surface area contributed by atoms with E-state index >= 15 is 0 Å². The molecule has 5 rings (SSSR count). The van der Waals surface area contributed by atoms with Crippen molar-refractivity contribution in [2.24, 2.45) is 57.2 Å². The Balaban J connectivity index is 1.54. The van der Waals surface area contributed by atoms with Crippen LogP contribution in [0.25, 0.3) is 0 Å². The molecule has 7 heteroatoms. The summed E-state index contributed by atoms with van der Waals surface area (Å²) < 4.78 is 11.8. The number of esters is 2. The lowest BCUT2D eigenvalue weighted by atomic mass is 9.43. The molecule has 1 N–H and O–H groups in total. The van der Waals surface area contributed by atoms with Crippen LogP contribution in [0.5, 0.6) is 0 Å². The van der Waals surface area contributed by atoms with Gasteiger partial charge in [-0.3, -0.25) is 19.2 Å². The van der Waals surface area contributed by atoms with Crippen LogP contribution >= 0.6 is 0 Å². The molecule has 2 spiro atoms. The molecule has 226 valence electrons. The molecule has 12 atom stereocenters.